The molecule has 3 rings (SSSR count). The molecule has 0 atom stereocenters. The number of pyridine rings is 1. The zero-order valence-corrected chi connectivity index (χ0v) is 13.6. The van der Waals surface area contributed by atoms with Gasteiger partial charge in [0.1, 0.15) is 0 Å². The lowest BCUT2D eigenvalue weighted by Gasteiger charge is -2.10. The maximum absolute atomic E-state index is 12.1. The van der Waals surface area contributed by atoms with E-state index in [9.17, 15) is 9.59 Å². The van der Waals surface area contributed by atoms with Gasteiger partial charge in [-0.25, -0.2) is 4.79 Å². The van der Waals surface area contributed by atoms with Crippen molar-refractivity contribution >= 4 is 29.2 Å². The Labute approximate surface area is 144 Å². The molecule has 1 aromatic carbocycles. The lowest BCUT2D eigenvalue weighted by Crippen LogP contribution is -2.29. The maximum atomic E-state index is 12.1. The molecule has 1 aliphatic carbocycles. The molecule has 1 saturated carbocycles. The molecule has 1 aromatic heterocycles. The molecule has 0 aliphatic heterocycles. The molecule has 1 heterocycles. The number of urea groups is 1. The van der Waals surface area contributed by atoms with Gasteiger partial charge in [0.05, 0.1) is 10.6 Å². The van der Waals surface area contributed by atoms with Crippen molar-refractivity contribution in [2.45, 2.75) is 25.4 Å². The third-order valence-electron chi connectivity index (χ3n) is 3.56. The monoisotopic (exact) mass is 344 g/mol. The molecule has 2 aromatic rings. The third-order valence-corrected chi connectivity index (χ3v) is 3.89. The number of carbonyl (C=O) groups is 2. The van der Waals surface area contributed by atoms with E-state index in [4.69, 9.17) is 11.6 Å². The first-order valence-corrected chi connectivity index (χ1v) is 8.04. The van der Waals surface area contributed by atoms with Gasteiger partial charge in [-0.2, -0.15) is 0 Å². The van der Waals surface area contributed by atoms with Gasteiger partial charge in [0.2, 0.25) is 0 Å². The highest BCUT2D eigenvalue weighted by atomic mass is 35.5. The van der Waals surface area contributed by atoms with E-state index in [0.29, 0.717) is 22.8 Å². The number of carbonyl (C=O) groups excluding carboxylic acids is 2. The van der Waals surface area contributed by atoms with Gasteiger partial charge in [-0.3, -0.25) is 9.78 Å². The standard InChI is InChI=1S/C17H17ClN4O2/c18-15-6-5-13(8-14(15)16(23)21-12-3-4-12)22-17(24)20-10-11-2-1-7-19-9-11/h1-2,5-9,12H,3-4,10H2,(H,21,23)(H2,20,22,24). The minimum atomic E-state index is -0.366. The van der Waals surface area contributed by atoms with Crippen molar-refractivity contribution in [1.82, 2.24) is 15.6 Å². The van der Waals surface area contributed by atoms with Gasteiger partial charge in [-0.15, -0.1) is 0 Å². The molecule has 7 heteroatoms. The smallest absolute Gasteiger partial charge is 0.319 e. The van der Waals surface area contributed by atoms with Gasteiger partial charge in [-0.1, -0.05) is 17.7 Å². The summed E-state index contributed by atoms with van der Waals surface area (Å²) in [4.78, 5) is 28.1. The summed E-state index contributed by atoms with van der Waals surface area (Å²) >= 11 is 6.08. The van der Waals surface area contributed by atoms with Gasteiger partial charge in [0.15, 0.2) is 0 Å². The van der Waals surface area contributed by atoms with Crippen LogP contribution in [0.5, 0.6) is 0 Å². The average Bonchev–Trinajstić information content (AvgIpc) is 3.39. The average molecular weight is 345 g/mol. The van der Waals surface area contributed by atoms with Crippen molar-refractivity contribution in [3.63, 3.8) is 0 Å². The van der Waals surface area contributed by atoms with Crippen LogP contribution < -0.4 is 16.0 Å². The zero-order chi connectivity index (χ0) is 16.9. The molecule has 24 heavy (non-hydrogen) atoms. The summed E-state index contributed by atoms with van der Waals surface area (Å²) in [7, 11) is 0. The predicted octanol–water partition coefficient (Wildman–Crippen LogP) is 2.95. The first-order valence-electron chi connectivity index (χ1n) is 7.66. The summed E-state index contributed by atoms with van der Waals surface area (Å²) in [6, 6.07) is 8.38. The second-order valence-corrected chi connectivity index (χ2v) is 6.02. The van der Waals surface area contributed by atoms with Crippen LogP contribution in [0.2, 0.25) is 5.02 Å². The fraction of sp³-hybridized carbons (Fsp3) is 0.235. The van der Waals surface area contributed by atoms with E-state index in [1.807, 2.05) is 6.07 Å². The molecular weight excluding hydrogens is 328 g/mol. The number of benzene rings is 1. The first kappa shape index (κ1) is 16.3. The number of anilines is 1. The Bertz CT molecular complexity index is 748. The second-order valence-electron chi connectivity index (χ2n) is 5.61. The number of nitrogens with zero attached hydrogens (tertiary/aromatic N) is 1. The van der Waals surface area contributed by atoms with Gasteiger partial charge in [0.25, 0.3) is 5.91 Å². The van der Waals surface area contributed by atoms with Crippen LogP contribution in [0.25, 0.3) is 0 Å². The predicted molar refractivity (Wildman–Crippen MR) is 92.0 cm³/mol. The molecule has 0 unspecified atom stereocenters. The van der Waals surface area contributed by atoms with Crippen LogP contribution in [0, 0.1) is 0 Å². The molecule has 0 radical (unpaired) electrons. The van der Waals surface area contributed by atoms with Crippen LogP contribution in [0.1, 0.15) is 28.8 Å². The van der Waals surface area contributed by atoms with Crippen molar-refractivity contribution in [3.8, 4) is 0 Å². The summed E-state index contributed by atoms with van der Waals surface area (Å²) in [6.45, 7) is 0.363. The van der Waals surface area contributed by atoms with E-state index >= 15 is 0 Å². The van der Waals surface area contributed by atoms with Crippen molar-refractivity contribution in [2.75, 3.05) is 5.32 Å². The normalized spacial score (nSPS) is 13.2. The van der Waals surface area contributed by atoms with E-state index in [1.54, 1.807) is 36.7 Å². The minimum absolute atomic E-state index is 0.220. The molecule has 1 aliphatic rings. The Morgan fingerprint density at radius 3 is 2.79 bits per heavy atom. The second kappa shape index (κ2) is 7.31. The lowest BCUT2D eigenvalue weighted by atomic mass is 10.2. The SMILES string of the molecule is O=C(NCc1cccnc1)Nc1ccc(Cl)c(C(=O)NC2CC2)c1. The lowest BCUT2D eigenvalue weighted by molar-refractivity contribution is 0.0951. The van der Waals surface area contributed by atoms with Gasteiger partial charge >= 0.3 is 6.03 Å². The maximum Gasteiger partial charge on any atom is 0.319 e. The number of hydrogen-bond donors (Lipinski definition) is 3. The highest BCUT2D eigenvalue weighted by Gasteiger charge is 2.24. The number of amides is 3. The summed E-state index contributed by atoms with van der Waals surface area (Å²) in [6.07, 6.45) is 5.35. The molecule has 1 fully saturated rings. The molecule has 3 N–H and O–H groups in total. The van der Waals surface area contributed by atoms with Crippen LogP contribution >= 0.6 is 11.6 Å². The Morgan fingerprint density at radius 2 is 2.08 bits per heavy atom. The van der Waals surface area contributed by atoms with Crippen molar-refractivity contribution < 1.29 is 9.59 Å². The van der Waals surface area contributed by atoms with Crippen LogP contribution in [-0.4, -0.2) is 23.0 Å². The van der Waals surface area contributed by atoms with Crippen LogP contribution in [0.3, 0.4) is 0 Å². The Balaban J connectivity index is 1.59. The van der Waals surface area contributed by atoms with E-state index in [1.165, 1.54) is 0 Å². The topological polar surface area (TPSA) is 83.1 Å². The molecule has 3 amide bonds. The van der Waals surface area contributed by atoms with Crippen LogP contribution in [0.4, 0.5) is 10.5 Å². The summed E-state index contributed by atoms with van der Waals surface area (Å²) in [5, 5.41) is 8.66. The van der Waals surface area contributed by atoms with Crippen molar-refractivity contribution in [1.29, 1.82) is 0 Å². The number of aromatic nitrogens is 1. The van der Waals surface area contributed by atoms with E-state index in [0.717, 1.165) is 18.4 Å². The number of nitrogens with one attached hydrogen (secondary N) is 3. The Morgan fingerprint density at radius 1 is 1.25 bits per heavy atom. The molecule has 6 nitrogen and oxygen atoms in total. The molecule has 124 valence electrons. The summed E-state index contributed by atoms with van der Waals surface area (Å²) < 4.78 is 0. The van der Waals surface area contributed by atoms with Gasteiger partial charge < -0.3 is 16.0 Å². The fourth-order valence-corrected chi connectivity index (χ4v) is 2.33. The highest BCUT2D eigenvalue weighted by Crippen LogP contribution is 2.23. The number of rotatable bonds is 5. The fourth-order valence-electron chi connectivity index (χ4n) is 2.13. The molecule has 0 bridgehead atoms. The Hall–Kier alpha value is -2.60. The minimum Gasteiger partial charge on any atom is -0.349 e. The quantitative estimate of drug-likeness (QED) is 0.779. The van der Waals surface area contributed by atoms with E-state index < -0.39 is 0 Å². The van der Waals surface area contributed by atoms with Gasteiger partial charge in [0, 0.05) is 30.7 Å². The van der Waals surface area contributed by atoms with Crippen LogP contribution in [-0.2, 0) is 6.54 Å². The first-order chi connectivity index (χ1) is 11.6. The molecule has 0 saturated heterocycles. The van der Waals surface area contributed by atoms with E-state index in [2.05, 4.69) is 20.9 Å². The largest absolute Gasteiger partial charge is 0.349 e. The van der Waals surface area contributed by atoms with Crippen molar-refractivity contribution in [3.05, 3.63) is 58.9 Å². The van der Waals surface area contributed by atoms with E-state index in [-0.39, 0.29) is 18.0 Å². The summed E-state index contributed by atoms with van der Waals surface area (Å²) in [5.41, 5.74) is 1.76. The van der Waals surface area contributed by atoms with Crippen LogP contribution in [0.15, 0.2) is 42.7 Å². The summed E-state index contributed by atoms with van der Waals surface area (Å²) in [5.74, 6) is -0.220. The number of halogens is 1. The Kier molecular flexibility index (Phi) is 4.96. The van der Waals surface area contributed by atoms with Gasteiger partial charge in [-0.05, 0) is 42.7 Å². The zero-order valence-electron chi connectivity index (χ0n) is 12.9. The third kappa shape index (κ3) is 4.45. The molecule has 0 spiro atoms. The highest BCUT2D eigenvalue weighted by molar-refractivity contribution is 6.34. The number of hydrogen-bond acceptors (Lipinski definition) is 3. The van der Waals surface area contributed by atoms with Crippen molar-refractivity contribution in [2.24, 2.45) is 0 Å². The molecular formula is C17H17ClN4O2.